The number of esters is 1. The summed E-state index contributed by atoms with van der Waals surface area (Å²) in [6.45, 7) is 7.46. The van der Waals surface area contributed by atoms with E-state index in [2.05, 4.69) is 18.7 Å². The Labute approximate surface area is 355 Å². The zero-order valence-electron chi connectivity index (χ0n) is 38.5. The Morgan fingerprint density at radius 2 is 0.860 bits per heavy atom. The van der Waals surface area contributed by atoms with E-state index in [-0.39, 0.29) is 5.97 Å². The van der Waals surface area contributed by atoms with Crippen LogP contribution in [0, 0.1) is 0 Å². The molecule has 0 bridgehead atoms. The van der Waals surface area contributed by atoms with Crippen LogP contribution in [0.15, 0.2) is 4.99 Å². The third-order valence-electron chi connectivity index (χ3n) is 12.5. The first-order valence-corrected chi connectivity index (χ1v) is 25.7. The zero-order chi connectivity index (χ0) is 41.1. The molecule has 1 heterocycles. The molecule has 1 N–H and O–H groups in total. The molecule has 1 unspecified atom stereocenters. The van der Waals surface area contributed by atoms with E-state index >= 15 is 0 Å². The quantitative estimate of drug-likeness (QED) is 0.0490. The van der Waals surface area contributed by atoms with Gasteiger partial charge >= 0.3 is 11.9 Å². The number of aliphatic imine (C=N–C) groups is 1. The highest BCUT2D eigenvalue weighted by atomic mass is 16.5. The number of carboxylic acid groups (broad SMARTS) is 1. The minimum atomic E-state index is -0.656. The fourth-order valence-corrected chi connectivity index (χ4v) is 8.63. The van der Waals surface area contributed by atoms with Gasteiger partial charge < -0.3 is 14.7 Å². The van der Waals surface area contributed by atoms with Gasteiger partial charge in [0.15, 0.2) is 0 Å². The lowest BCUT2D eigenvalue weighted by Crippen LogP contribution is -2.35. The Morgan fingerprint density at radius 1 is 0.509 bits per heavy atom. The van der Waals surface area contributed by atoms with Gasteiger partial charge in [-0.1, -0.05) is 225 Å². The molecule has 1 aliphatic rings. The molecule has 0 saturated carbocycles. The molecule has 0 aromatic heterocycles. The molecule has 6 heteroatoms. The molecule has 0 aliphatic carbocycles. The number of hydrogen-bond acceptors (Lipinski definition) is 5. The Morgan fingerprint density at radius 3 is 1.28 bits per heavy atom. The van der Waals surface area contributed by atoms with Crippen LogP contribution in [0.1, 0.15) is 284 Å². The van der Waals surface area contributed by atoms with Gasteiger partial charge in [-0.15, -0.1) is 0 Å². The van der Waals surface area contributed by atoms with Crippen molar-refractivity contribution >= 4 is 17.8 Å². The topological polar surface area (TPSA) is 79.2 Å². The average molecular weight is 803 g/mol. The monoisotopic (exact) mass is 803 g/mol. The predicted molar refractivity (Wildman–Crippen MR) is 247 cm³/mol. The van der Waals surface area contributed by atoms with Crippen LogP contribution in [-0.2, 0) is 14.3 Å². The van der Waals surface area contributed by atoms with Crippen molar-refractivity contribution in [3.63, 3.8) is 0 Å². The van der Waals surface area contributed by atoms with Gasteiger partial charge in [0.2, 0.25) is 0 Å². The molecule has 0 saturated heterocycles. The molecular formula is C51H98N2O4. The van der Waals surface area contributed by atoms with E-state index in [0.717, 1.165) is 32.2 Å². The second-order valence-electron chi connectivity index (χ2n) is 18.1. The Balaban J connectivity index is 1.80. The van der Waals surface area contributed by atoms with Crippen molar-refractivity contribution in [2.24, 2.45) is 4.99 Å². The normalized spacial score (nSPS) is 14.1. The lowest BCUT2D eigenvalue weighted by atomic mass is 10.0. The highest BCUT2D eigenvalue weighted by Gasteiger charge is 2.22. The highest BCUT2D eigenvalue weighted by molar-refractivity contribution is 5.84. The van der Waals surface area contributed by atoms with E-state index in [1.807, 2.05) is 0 Å². The van der Waals surface area contributed by atoms with Gasteiger partial charge in [0.1, 0.15) is 0 Å². The summed E-state index contributed by atoms with van der Waals surface area (Å²) in [4.78, 5) is 30.1. The maximum absolute atomic E-state index is 12.0. The van der Waals surface area contributed by atoms with Gasteiger partial charge in [0.05, 0.1) is 19.0 Å². The standard InChI is InChI=1S/C51H98N2O4/c1-3-4-5-6-7-8-26-31-36-41-46-57-51(56)44-39-34-29-24-20-16-10-9-13-17-21-25-30-35-40-45-53-48(2)47-52-49(53)42-37-32-27-22-18-14-11-12-15-19-23-28-33-38-43-50(54)55/h48H,3-47H2,1-2H3,(H,54,55). The molecular weight excluding hydrogens is 705 g/mol. The van der Waals surface area contributed by atoms with E-state index in [0.29, 0.717) is 25.5 Å². The van der Waals surface area contributed by atoms with Crippen molar-refractivity contribution < 1.29 is 19.4 Å². The van der Waals surface area contributed by atoms with Crippen LogP contribution in [0.25, 0.3) is 0 Å². The summed E-state index contributed by atoms with van der Waals surface area (Å²) in [5.74, 6) is 0.762. The maximum atomic E-state index is 12.0. The van der Waals surface area contributed by atoms with E-state index in [1.165, 1.54) is 244 Å². The fourth-order valence-electron chi connectivity index (χ4n) is 8.63. The van der Waals surface area contributed by atoms with Crippen LogP contribution in [0.4, 0.5) is 0 Å². The Hall–Kier alpha value is -1.59. The third-order valence-corrected chi connectivity index (χ3v) is 12.5. The van der Waals surface area contributed by atoms with Crippen LogP contribution < -0.4 is 0 Å². The predicted octanol–water partition coefficient (Wildman–Crippen LogP) is 16.1. The molecule has 0 aromatic rings. The first-order chi connectivity index (χ1) is 28.0. The summed E-state index contributed by atoms with van der Waals surface area (Å²) in [5, 5.41) is 8.69. The molecule has 1 aliphatic heterocycles. The fraction of sp³-hybridized carbons (Fsp3) is 0.941. The van der Waals surface area contributed by atoms with E-state index < -0.39 is 5.97 Å². The number of unbranched alkanes of at least 4 members (excludes halogenated alkanes) is 36. The van der Waals surface area contributed by atoms with Gasteiger partial charge in [-0.3, -0.25) is 14.6 Å². The molecule has 0 fully saturated rings. The van der Waals surface area contributed by atoms with Crippen molar-refractivity contribution in [2.45, 2.75) is 290 Å². The van der Waals surface area contributed by atoms with Gasteiger partial charge in [-0.2, -0.15) is 0 Å². The molecule has 0 aromatic carbocycles. The van der Waals surface area contributed by atoms with E-state index in [1.54, 1.807) is 0 Å². The number of carbonyl (C=O) groups is 2. The summed E-state index contributed by atoms with van der Waals surface area (Å²) in [6.07, 6.45) is 53.3. The number of ether oxygens (including phenoxy) is 1. The number of aliphatic carboxylic acids is 1. The van der Waals surface area contributed by atoms with Gasteiger partial charge in [0, 0.05) is 31.8 Å². The van der Waals surface area contributed by atoms with Crippen molar-refractivity contribution in [1.29, 1.82) is 0 Å². The minimum absolute atomic E-state index is 0.0186. The molecule has 6 nitrogen and oxygen atoms in total. The highest BCUT2D eigenvalue weighted by Crippen LogP contribution is 2.20. The number of rotatable bonds is 46. The number of carbonyl (C=O) groups excluding carboxylic acids is 1. The largest absolute Gasteiger partial charge is 0.481 e. The van der Waals surface area contributed by atoms with Crippen molar-refractivity contribution in [2.75, 3.05) is 19.7 Å². The van der Waals surface area contributed by atoms with Crippen LogP contribution in [0.5, 0.6) is 0 Å². The summed E-state index contributed by atoms with van der Waals surface area (Å²) in [7, 11) is 0. The molecule has 0 radical (unpaired) electrons. The summed E-state index contributed by atoms with van der Waals surface area (Å²) >= 11 is 0. The van der Waals surface area contributed by atoms with Crippen LogP contribution in [0.2, 0.25) is 0 Å². The smallest absolute Gasteiger partial charge is 0.305 e. The SMILES string of the molecule is CCCCCCCCCCCCOC(=O)CCCCCCCCCCCCCCCCCN1C(CCCCCCCCCCCCCCCCC(=O)O)=NCC1C. The number of nitrogens with zero attached hydrogens (tertiary/aromatic N) is 2. The first-order valence-electron chi connectivity index (χ1n) is 25.7. The average Bonchev–Trinajstić information content (AvgIpc) is 3.55. The van der Waals surface area contributed by atoms with Crippen LogP contribution in [-0.4, -0.2) is 53.5 Å². The molecule has 336 valence electrons. The molecule has 0 spiro atoms. The zero-order valence-corrected chi connectivity index (χ0v) is 38.5. The lowest BCUT2D eigenvalue weighted by Gasteiger charge is -2.25. The Kier molecular flexibility index (Phi) is 39.9. The molecule has 1 atom stereocenters. The van der Waals surface area contributed by atoms with Crippen LogP contribution in [0.3, 0.4) is 0 Å². The molecule has 57 heavy (non-hydrogen) atoms. The maximum Gasteiger partial charge on any atom is 0.305 e. The second-order valence-corrected chi connectivity index (χ2v) is 18.1. The number of amidine groups is 1. The third kappa shape index (κ3) is 37.2. The number of hydrogen-bond donors (Lipinski definition) is 1. The summed E-state index contributed by atoms with van der Waals surface area (Å²) in [6, 6.07) is 0.594. The summed E-state index contributed by atoms with van der Waals surface area (Å²) < 4.78 is 5.45. The van der Waals surface area contributed by atoms with E-state index in [9.17, 15) is 9.59 Å². The van der Waals surface area contributed by atoms with E-state index in [4.69, 9.17) is 14.8 Å². The van der Waals surface area contributed by atoms with Crippen molar-refractivity contribution in [1.82, 2.24) is 4.90 Å². The van der Waals surface area contributed by atoms with Gasteiger partial charge in [-0.05, 0) is 39.0 Å². The van der Waals surface area contributed by atoms with Gasteiger partial charge in [0.25, 0.3) is 0 Å². The molecule has 0 amide bonds. The number of carboxylic acids is 1. The minimum Gasteiger partial charge on any atom is -0.481 e. The second kappa shape index (κ2) is 42.5. The lowest BCUT2D eigenvalue weighted by molar-refractivity contribution is -0.144. The first kappa shape index (κ1) is 53.4. The van der Waals surface area contributed by atoms with Crippen molar-refractivity contribution in [3.05, 3.63) is 0 Å². The molecule has 1 rings (SSSR count). The summed E-state index contributed by atoms with van der Waals surface area (Å²) in [5.41, 5.74) is 0. The van der Waals surface area contributed by atoms with Crippen LogP contribution >= 0.6 is 0 Å². The van der Waals surface area contributed by atoms with Gasteiger partial charge in [-0.25, -0.2) is 0 Å². The Bertz CT molecular complexity index is 908. The van der Waals surface area contributed by atoms with Crippen molar-refractivity contribution in [3.8, 4) is 0 Å².